The largest absolute Gasteiger partial charge is 0.457 e. The number of rotatable bonds is 13. The summed E-state index contributed by atoms with van der Waals surface area (Å²) < 4.78 is 33.2. The van der Waals surface area contributed by atoms with E-state index in [-0.39, 0.29) is 35.7 Å². The summed E-state index contributed by atoms with van der Waals surface area (Å²) in [6, 6.07) is 27.4. The van der Waals surface area contributed by atoms with Crippen molar-refractivity contribution in [3.63, 3.8) is 0 Å². The molecule has 0 saturated heterocycles. The SMILES string of the molecule is CC1=C(C(=O)N[C@@H](Cc2ccccc2)[C@H](O)CNC2CC2)C(c2ccccc2)C(C(=O)OCc2ccccc2)=C(C)N1S(C)(=O)=O. The molecule has 3 N–H and O–H groups in total. The van der Waals surface area contributed by atoms with E-state index < -0.39 is 40.0 Å². The predicted molar refractivity (Wildman–Crippen MR) is 177 cm³/mol. The van der Waals surface area contributed by atoms with Crippen LogP contribution >= 0.6 is 0 Å². The molecule has 9 nitrogen and oxygen atoms in total. The van der Waals surface area contributed by atoms with E-state index >= 15 is 0 Å². The van der Waals surface area contributed by atoms with Gasteiger partial charge in [0.15, 0.2) is 0 Å². The number of hydrogen-bond acceptors (Lipinski definition) is 7. The third-order valence-electron chi connectivity index (χ3n) is 8.38. The van der Waals surface area contributed by atoms with E-state index in [0.29, 0.717) is 18.0 Å². The van der Waals surface area contributed by atoms with Gasteiger partial charge in [-0.3, -0.25) is 4.79 Å². The standard InChI is InChI=1S/C36H41N3O6S/c1-24-32(35(41)38-30(21-26-13-7-4-8-14-26)31(40)22-37-29-19-20-29)34(28-17-11-6-12-18-28)33(25(2)39(24)46(3,43)44)36(42)45-23-27-15-9-5-10-16-27/h4-18,29-31,34,37,40H,19-23H2,1-3H3,(H,38,41)/t30-,31+,34?/m0/s1. The maximum absolute atomic E-state index is 14.5. The van der Waals surface area contributed by atoms with Crippen molar-refractivity contribution in [1.29, 1.82) is 0 Å². The van der Waals surface area contributed by atoms with Crippen LogP contribution in [-0.2, 0) is 37.4 Å². The second kappa shape index (κ2) is 14.5. The van der Waals surface area contributed by atoms with Crippen molar-refractivity contribution in [2.24, 2.45) is 0 Å². The lowest BCUT2D eigenvalue weighted by atomic mass is 9.80. The van der Waals surface area contributed by atoms with Gasteiger partial charge in [0.2, 0.25) is 15.9 Å². The molecule has 1 saturated carbocycles. The lowest BCUT2D eigenvalue weighted by molar-refractivity contribution is -0.140. The van der Waals surface area contributed by atoms with Crippen molar-refractivity contribution in [1.82, 2.24) is 14.9 Å². The number of amides is 1. The monoisotopic (exact) mass is 643 g/mol. The van der Waals surface area contributed by atoms with Crippen LogP contribution in [0.25, 0.3) is 0 Å². The quantitative estimate of drug-likeness (QED) is 0.239. The average Bonchev–Trinajstić information content (AvgIpc) is 3.87. The van der Waals surface area contributed by atoms with E-state index in [1.807, 2.05) is 66.7 Å². The summed E-state index contributed by atoms with van der Waals surface area (Å²) in [5.74, 6) is -2.23. The predicted octanol–water partition coefficient (Wildman–Crippen LogP) is 4.18. The molecule has 2 aliphatic rings. The molecule has 3 atom stereocenters. The number of allylic oxidation sites excluding steroid dienone is 2. The number of carbonyl (C=O) groups is 2. The van der Waals surface area contributed by atoms with Crippen molar-refractivity contribution < 1.29 is 27.9 Å². The van der Waals surface area contributed by atoms with Gasteiger partial charge in [-0.15, -0.1) is 0 Å². The van der Waals surface area contributed by atoms with Crippen molar-refractivity contribution >= 4 is 21.9 Å². The lowest BCUT2D eigenvalue weighted by Crippen LogP contribution is -2.50. The van der Waals surface area contributed by atoms with Gasteiger partial charge in [0.25, 0.3) is 0 Å². The summed E-state index contributed by atoms with van der Waals surface area (Å²) in [4.78, 5) is 28.4. The van der Waals surface area contributed by atoms with E-state index in [1.165, 1.54) is 0 Å². The van der Waals surface area contributed by atoms with Crippen molar-refractivity contribution in [2.45, 2.75) is 63.8 Å². The van der Waals surface area contributed by atoms with Crippen LogP contribution in [0.2, 0.25) is 0 Å². The molecule has 0 radical (unpaired) electrons. The highest BCUT2D eigenvalue weighted by Gasteiger charge is 2.43. The van der Waals surface area contributed by atoms with Gasteiger partial charge in [-0.1, -0.05) is 91.0 Å². The average molecular weight is 644 g/mol. The molecule has 46 heavy (non-hydrogen) atoms. The molecule has 1 aliphatic heterocycles. The van der Waals surface area contributed by atoms with E-state index in [0.717, 1.165) is 34.5 Å². The summed E-state index contributed by atoms with van der Waals surface area (Å²) in [6.07, 6.45) is 2.55. The number of sulfonamides is 1. The smallest absolute Gasteiger partial charge is 0.337 e. The summed E-state index contributed by atoms with van der Waals surface area (Å²) in [5, 5.41) is 17.7. The molecular formula is C36H41N3O6S. The lowest BCUT2D eigenvalue weighted by Gasteiger charge is -2.37. The number of nitrogens with one attached hydrogen (secondary N) is 2. The van der Waals surface area contributed by atoms with E-state index in [1.54, 1.807) is 38.1 Å². The zero-order chi connectivity index (χ0) is 32.8. The molecule has 0 aromatic heterocycles. The maximum Gasteiger partial charge on any atom is 0.337 e. The first kappa shape index (κ1) is 33.1. The van der Waals surface area contributed by atoms with Crippen LogP contribution in [0.4, 0.5) is 0 Å². The molecule has 3 aromatic rings. The molecule has 1 amide bonds. The Balaban J connectivity index is 1.55. The van der Waals surface area contributed by atoms with E-state index in [2.05, 4.69) is 10.6 Å². The Labute approximate surface area is 271 Å². The van der Waals surface area contributed by atoms with Crippen LogP contribution in [-0.4, -0.2) is 60.7 Å². The Hall–Kier alpha value is -4.25. The molecule has 1 fully saturated rings. The van der Waals surface area contributed by atoms with Crippen molar-refractivity contribution in [3.05, 3.63) is 130 Å². The summed E-state index contributed by atoms with van der Waals surface area (Å²) in [5.41, 5.74) is 2.80. The Morgan fingerprint density at radius 2 is 1.41 bits per heavy atom. The fourth-order valence-electron chi connectivity index (χ4n) is 5.99. The Morgan fingerprint density at radius 3 is 1.98 bits per heavy atom. The van der Waals surface area contributed by atoms with Crippen LogP contribution in [0.5, 0.6) is 0 Å². The highest BCUT2D eigenvalue weighted by Crippen LogP contribution is 2.43. The molecule has 5 rings (SSSR count). The number of hydrogen-bond donors (Lipinski definition) is 3. The van der Waals surface area contributed by atoms with E-state index in [4.69, 9.17) is 4.74 Å². The Morgan fingerprint density at radius 1 is 0.870 bits per heavy atom. The van der Waals surface area contributed by atoms with E-state index in [9.17, 15) is 23.1 Å². The molecular weight excluding hydrogens is 602 g/mol. The first-order chi connectivity index (χ1) is 22.0. The Bertz CT molecular complexity index is 1700. The zero-order valence-corrected chi connectivity index (χ0v) is 27.2. The maximum atomic E-state index is 14.5. The molecule has 1 aliphatic carbocycles. The minimum Gasteiger partial charge on any atom is -0.457 e. The van der Waals surface area contributed by atoms with Crippen LogP contribution in [0, 0.1) is 0 Å². The molecule has 242 valence electrons. The van der Waals surface area contributed by atoms with Gasteiger partial charge in [0.05, 0.1) is 29.9 Å². The number of ether oxygens (including phenoxy) is 1. The second-order valence-electron chi connectivity index (χ2n) is 12.0. The van der Waals surface area contributed by atoms with Gasteiger partial charge in [-0.05, 0) is 49.8 Å². The molecule has 3 aromatic carbocycles. The number of benzene rings is 3. The summed E-state index contributed by atoms with van der Waals surface area (Å²) >= 11 is 0. The normalized spacial score (nSPS) is 18.3. The van der Waals surface area contributed by atoms with Gasteiger partial charge in [-0.2, -0.15) is 0 Å². The minimum atomic E-state index is -3.96. The number of aliphatic hydroxyl groups excluding tert-OH is 1. The van der Waals surface area contributed by atoms with Gasteiger partial charge < -0.3 is 20.5 Å². The molecule has 1 unspecified atom stereocenters. The number of nitrogens with zero attached hydrogens (tertiary/aromatic N) is 1. The van der Waals surface area contributed by atoms with Crippen LogP contribution in [0.15, 0.2) is 114 Å². The number of esters is 1. The fourth-order valence-corrected chi connectivity index (χ4v) is 7.18. The van der Waals surface area contributed by atoms with Gasteiger partial charge in [0.1, 0.15) is 6.61 Å². The third-order valence-corrected chi connectivity index (χ3v) is 9.59. The molecule has 10 heteroatoms. The van der Waals surface area contributed by atoms with Gasteiger partial charge in [0, 0.05) is 29.6 Å². The summed E-state index contributed by atoms with van der Waals surface area (Å²) in [7, 11) is -3.96. The van der Waals surface area contributed by atoms with Gasteiger partial charge >= 0.3 is 5.97 Å². The van der Waals surface area contributed by atoms with Crippen molar-refractivity contribution in [2.75, 3.05) is 12.8 Å². The number of aliphatic hydroxyl groups is 1. The minimum absolute atomic E-state index is 0.0274. The fraction of sp³-hybridized carbons (Fsp3) is 0.333. The number of carbonyl (C=O) groups excluding carboxylic acids is 2. The molecule has 0 spiro atoms. The second-order valence-corrected chi connectivity index (χ2v) is 13.8. The zero-order valence-electron chi connectivity index (χ0n) is 26.3. The summed E-state index contributed by atoms with van der Waals surface area (Å²) in [6.45, 7) is 3.38. The third kappa shape index (κ3) is 7.93. The molecule has 1 heterocycles. The highest BCUT2D eigenvalue weighted by molar-refractivity contribution is 7.88. The first-order valence-electron chi connectivity index (χ1n) is 15.5. The molecule has 0 bridgehead atoms. The van der Waals surface area contributed by atoms with Crippen LogP contribution < -0.4 is 10.6 Å². The Kier molecular flexibility index (Phi) is 10.4. The van der Waals surface area contributed by atoms with Crippen molar-refractivity contribution in [3.8, 4) is 0 Å². The topological polar surface area (TPSA) is 125 Å². The first-order valence-corrected chi connectivity index (χ1v) is 17.3. The van der Waals surface area contributed by atoms with Crippen LogP contribution in [0.1, 0.15) is 49.3 Å². The van der Waals surface area contributed by atoms with Crippen LogP contribution in [0.3, 0.4) is 0 Å². The van der Waals surface area contributed by atoms with Gasteiger partial charge in [-0.25, -0.2) is 17.5 Å². The highest BCUT2D eigenvalue weighted by atomic mass is 32.2.